The van der Waals surface area contributed by atoms with Crippen molar-refractivity contribution in [3.05, 3.63) is 18.0 Å². The van der Waals surface area contributed by atoms with Gasteiger partial charge in [-0.2, -0.15) is 31.4 Å². The Morgan fingerprint density at radius 2 is 1.51 bits per heavy atom. The number of carbonyl (C=O) groups is 2. The van der Waals surface area contributed by atoms with E-state index in [1.54, 1.807) is 0 Å². The lowest BCUT2D eigenvalue weighted by molar-refractivity contribution is -0.193. The van der Waals surface area contributed by atoms with Crippen LogP contribution in [0.3, 0.4) is 0 Å². The van der Waals surface area contributed by atoms with E-state index < -0.39 is 24.3 Å². The summed E-state index contributed by atoms with van der Waals surface area (Å²) in [5, 5.41) is 27.9. The number of carboxylic acids is 2. The van der Waals surface area contributed by atoms with E-state index in [0.717, 1.165) is 19.1 Å². The molecule has 3 N–H and O–H groups in total. The van der Waals surface area contributed by atoms with Crippen molar-refractivity contribution < 1.29 is 51.3 Å². The number of aliphatic hydroxyl groups excluding tert-OH is 1. The maximum atomic E-state index is 10.6. The molecule has 2 aliphatic heterocycles. The molecule has 0 amide bonds. The monoisotopic (exact) mass is 520 g/mol. The first kappa shape index (κ1) is 30.6. The van der Waals surface area contributed by atoms with Crippen LogP contribution >= 0.6 is 0 Å². The Morgan fingerprint density at radius 1 is 1.00 bits per heavy atom. The van der Waals surface area contributed by atoms with Crippen molar-refractivity contribution in [1.82, 2.24) is 19.6 Å². The first-order valence-corrected chi connectivity index (χ1v) is 10.8. The van der Waals surface area contributed by atoms with Crippen molar-refractivity contribution in [3.8, 4) is 0 Å². The second kappa shape index (κ2) is 13.6. The summed E-state index contributed by atoms with van der Waals surface area (Å²) in [5.74, 6) is -5.01. The van der Waals surface area contributed by atoms with E-state index >= 15 is 0 Å². The Hall–Kier alpha value is -2.39. The van der Waals surface area contributed by atoms with E-state index in [4.69, 9.17) is 19.8 Å². The molecule has 2 saturated heterocycles. The normalized spacial score (nSPS) is 20.3. The molecule has 1 unspecified atom stereocenters. The van der Waals surface area contributed by atoms with Crippen molar-refractivity contribution in [3.63, 3.8) is 0 Å². The molecule has 35 heavy (non-hydrogen) atoms. The summed E-state index contributed by atoms with van der Waals surface area (Å²) in [7, 11) is 2.02. The van der Waals surface area contributed by atoms with Gasteiger partial charge in [0, 0.05) is 52.1 Å². The molecule has 0 aliphatic carbocycles. The molecule has 2 fully saturated rings. The predicted molar refractivity (Wildman–Crippen MR) is 110 cm³/mol. The van der Waals surface area contributed by atoms with Gasteiger partial charge in [-0.25, -0.2) is 9.59 Å². The number of carboxylic acid groups (broad SMARTS) is 2. The van der Waals surface area contributed by atoms with Crippen LogP contribution in [0.2, 0.25) is 0 Å². The van der Waals surface area contributed by atoms with E-state index in [1.165, 1.54) is 51.0 Å². The molecule has 15 heteroatoms. The number of aliphatic carboxylic acids is 2. The third kappa shape index (κ3) is 11.3. The van der Waals surface area contributed by atoms with E-state index in [9.17, 15) is 31.4 Å². The summed E-state index contributed by atoms with van der Waals surface area (Å²) >= 11 is 0. The molecule has 2 aliphatic rings. The fraction of sp³-hybridized carbons (Fsp3) is 0.750. The standard InChI is InChI=1S/C16H28N4O.2C2HF3O2/c1-18-16(4-7-17-18)12-19-9-5-15(6-10-19)20-8-2-3-14(11-20)13-21;2*3-2(4,5)1(6)7/h4,7,14-15,21H,2-3,5-6,8-13H2,1H3;2*(H,6,7). The van der Waals surface area contributed by atoms with Gasteiger partial charge in [0.05, 0.1) is 5.69 Å². The zero-order valence-corrected chi connectivity index (χ0v) is 19.1. The van der Waals surface area contributed by atoms with Gasteiger partial charge in [-0.3, -0.25) is 14.5 Å². The van der Waals surface area contributed by atoms with E-state index in [1.807, 2.05) is 17.9 Å². The summed E-state index contributed by atoms with van der Waals surface area (Å²) in [4.78, 5) is 23.0. The molecule has 0 radical (unpaired) electrons. The van der Waals surface area contributed by atoms with Crippen LogP contribution in [0.15, 0.2) is 12.3 Å². The number of aromatic nitrogens is 2. The van der Waals surface area contributed by atoms with Crippen molar-refractivity contribution in [2.75, 3.05) is 32.8 Å². The number of rotatable bonds is 4. The molecule has 0 spiro atoms. The smallest absolute Gasteiger partial charge is 0.475 e. The minimum atomic E-state index is -5.08. The minimum absolute atomic E-state index is 0.357. The van der Waals surface area contributed by atoms with Gasteiger partial charge in [-0.1, -0.05) is 0 Å². The maximum Gasteiger partial charge on any atom is 0.490 e. The second-order valence-electron chi connectivity index (χ2n) is 8.25. The van der Waals surface area contributed by atoms with Gasteiger partial charge in [0.15, 0.2) is 0 Å². The highest BCUT2D eigenvalue weighted by Gasteiger charge is 2.39. The van der Waals surface area contributed by atoms with Crippen LogP contribution in [0.25, 0.3) is 0 Å². The largest absolute Gasteiger partial charge is 0.490 e. The van der Waals surface area contributed by atoms with Crippen LogP contribution in [0.4, 0.5) is 26.3 Å². The average molecular weight is 520 g/mol. The highest BCUT2D eigenvalue weighted by atomic mass is 19.4. The van der Waals surface area contributed by atoms with E-state index in [0.29, 0.717) is 12.5 Å². The van der Waals surface area contributed by atoms with Crippen LogP contribution in [0, 0.1) is 5.92 Å². The fourth-order valence-electron chi connectivity index (χ4n) is 3.81. The first-order valence-electron chi connectivity index (χ1n) is 10.8. The number of hydrogen-bond donors (Lipinski definition) is 3. The quantitative estimate of drug-likeness (QED) is 0.518. The van der Waals surface area contributed by atoms with Gasteiger partial charge in [0.1, 0.15) is 0 Å². The number of nitrogens with zero attached hydrogens (tertiary/aromatic N) is 4. The lowest BCUT2D eigenvalue weighted by Crippen LogP contribution is -2.48. The molecule has 3 rings (SSSR count). The topological polar surface area (TPSA) is 119 Å². The van der Waals surface area contributed by atoms with Gasteiger partial charge in [0.2, 0.25) is 0 Å². The van der Waals surface area contributed by atoms with Gasteiger partial charge >= 0.3 is 24.3 Å². The number of aliphatic hydroxyl groups is 1. The zero-order valence-electron chi connectivity index (χ0n) is 19.1. The Bertz CT molecular complexity index is 770. The molecular weight excluding hydrogens is 490 g/mol. The predicted octanol–water partition coefficient (Wildman–Crippen LogP) is 2.36. The highest BCUT2D eigenvalue weighted by Crippen LogP contribution is 2.24. The zero-order chi connectivity index (χ0) is 26.8. The summed E-state index contributed by atoms with van der Waals surface area (Å²) in [5.41, 5.74) is 1.30. The Balaban J connectivity index is 0.000000362. The van der Waals surface area contributed by atoms with E-state index in [-0.39, 0.29) is 0 Å². The van der Waals surface area contributed by atoms with Gasteiger partial charge in [-0.05, 0) is 44.2 Å². The van der Waals surface area contributed by atoms with E-state index in [2.05, 4.69) is 21.0 Å². The molecular formula is C20H30F6N4O5. The van der Waals surface area contributed by atoms with Crippen LogP contribution in [0.5, 0.6) is 0 Å². The summed E-state index contributed by atoms with van der Waals surface area (Å²) in [6, 6.07) is 2.84. The molecule has 202 valence electrons. The molecule has 1 aromatic heterocycles. The number of halogens is 6. The third-order valence-corrected chi connectivity index (χ3v) is 5.68. The van der Waals surface area contributed by atoms with Crippen LogP contribution in [-0.2, 0) is 23.2 Å². The number of piperidine rings is 2. The molecule has 0 aromatic carbocycles. The van der Waals surface area contributed by atoms with Crippen molar-refractivity contribution in [2.45, 2.75) is 50.6 Å². The molecule has 0 bridgehead atoms. The number of hydrogen-bond acceptors (Lipinski definition) is 6. The molecule has 0 saturated carbocycles. The number of likely N-dealkylation sites (tertiary alicyclic amines) is 2. The van der Waals surface area contributed by atoms with Crippen molar-refractivity contribution >= 4 is 11.9 Å². The highest BCUT2D eigenvalue weighted by molar-refractivity contribution is 5.73. The van der Waals surface area contributed by atoms with Crippen LogP contribution < -0.4 is 0 Å². The SMILES string of the molecule is Cn1nccc1CN1CCC(N2CCCC(CO)C2)CC1.O=C(O)C(F)(F)F.O=C(O)C(F)(F)F. The average Bonchev–Trinajstić information content (AvgIpc) is 3.18. The molecule has 9 nitrogen and oxygen atoms in total. The lowest BCUT2D eigenvalue weighted by Gasteiger charge is -2.42. The Morgan fingerprint density at radius 3 is 1.91 bits per heavy atom. The fourth-order valence-corrected chi connectivity index (χ4v) is 3.81. The second-order valence-corrected chi connectivity index (χ2v) is 8.25. The van der Waals surface area contributed by atoms with Crippen molar-refractivity contribution in [1.29, 1.82) is 0 Å². The minimum Gasteiger partial charge on any atom is -0.475 e. The van der Waals surface area contributed by atoms with Crippen LogP contribution in [-0.4, -0.2) is 98.0 Å². The molecule has 1 atom stereocenters. The maximum absolute atomic E-state index is 10.6. The molecule has 1 aromatic rings. The summed E-state index contributed by atoms with van der Waals surface area (Å²) < 4.78 is 65.4. The number of aryl methyl sites for hydroxylation is 1. The van der Waals surface area contributed by atoms with Gasteiger partial charge in [-0.15, -0.1) is 0 Å². The van der Waals surface area contributed by atoms with Gasteiger partial charge < -0.3 is 15.3 Å². The Kier molecular flexibility index (Phi) is 11.9. The first-order chi connectivity index (χ1) is 16.1. The van der Waals surface area contributed by atoms with Crippen molar-refractivity contribution in [2.24, 2.45) is 13.0 Å². The molecule has 3 heterocycles. The van der Waals surface area contributed by atoms with Gasteiger partial charge in [0.25, 0.3) is 0 Å². The summed E-state index contributed by atoms with van der Waals surface area (Å²) in [6.07, 6.45) is -3.32. The lowest BCUT2D eigenvalue weighted by atomic mass is 9.94. The summed E-state index contributed by atoms with van der Waals surface area (Å²) in [6.45, 7) is 6.05. The number of alkyl halides is 6. The Labute approximate surface area is 197 Å². The third-order valence-electron chi connectivity index (χ3n) is 5.68. The van der Waals surface area contributed by atoms with Crippen LogP contribution in [0.1, 0.15) is 31.4 Å².